The highest BCUT2D eigenvalue weighted by Gasteiger charge is 2.08. The molecule has 0 spiro atoms. The van der Waals surface area contributed by atoms with Crippen molar-refractivity contribution in [1.82, 2.24) is 15.3 Å². The number of aromatic nitrogens is 2. The third kappa shape index (κ3) is 6.68. The summed E-state index contributed by atoms with van der Waals surface area (Å²) < 4.78 is 16.6. The van der Waals surface area contributed by atoms with Crippen molar-refractivity contribution in [2.75, 3.05) is 26.8 Å². The average Bonchev–Trinajstić information content (AvgIpc) is 2.82. The Bertz CT molecular complexity index is 1010. The summed E-state index contributed by atoms with van der Waals surface area (Å²) in [7, 11) is 1.49. The number of carbonyl (C=O) groups excluding carboxylic acids is 1. The van der Waals surface area contributed by atoms with Crippen LogP contribution in [0.15, 0.2) is 54.9 Å². The second-order valence-corrected chi connectivity index (χ2v) is 7.11. The van der Waals surface area contributed by atoms with Gasteiger partial charge in [-0.3, -0.25) is 4.79 Å². The van der Waals surface area contributed by atoms with Gasteiger partial charge in [-0.05, 0) is 67.8 Å². The van der Waals surface area contributed by atoms with E-state index >= 15 is 0 Å². The molecule has 0 aliphatic carbocycles. The highest BCUT2D eigenvalue weighted by atomic mass is 16.5. The van der Waals surface area contributed by atoms with Gasteiger partial charge >= 0.3 is 0 Å². The van der Waals surface area contributed by atoms with Gasteiger partial charge in [0.15, 0.2) is 0 Å². The molecule has 1 amide bonds. The van der Waals surface area contributed by atoms with Crippen LogP contribution in [0.2, 0.25) is 0 Å². The topological polar surface area (TPSA) is 109 Å². The molecule has 0 aliphatic heterocycles. The Labute approximate surface area is 187 Å². The smallest absolute Gasteiger partial charge is 0.271 e. The minimum atomic E-state index is -0.284. The first-order valence-electron chi connectivity index (χ1n) is 10.4. The number of amides is 1. The summed E-state index contributed by atoms with van der Waals surface area (Å²) in [5.74, 6) is 2.37. The molecule has 8 heteroatoms. The lowest BCUT2D eigenvalue weighted by molar-refractivity contribution is 0.0946. The fourth-order valence-corrected chi connectivity index (χ4v) is 2.97. The fraction of sp³-hybridized carbons (Fsp3) is 0.292. The van der Waals surface area contributed by atoms with Crippen LogP contribution in [-0.2, 0) is 6.42 Å². The second kappa shape index (κ2) is 11.7. The number of hydrogen-bond acceptors (Lipinski definition) is 7. The number of nitrogens with one attached hydrogen (secondary N) is 1. The number of nitrogens with two attached hydrogens (primary N) is 1. The molecule has 1 aromatic heterocycles. The number of aryl methyl sites for hydroxylation is 1. The van der Waals surface area contributed by atoms with E-state index in [4.69, 9.17) is 19.9 Å². The van der Waals surface area contributed by atoms with Crippen LogP contribution >= 0.6 is 0 Å². The van der Waals surface area contributed by atoms with Crippen LogP contribution in [0, 0.1) is 6.92 Å². The van der Waals surface area contributed by atoms with Crippen LogP contribution in [-0.4, -0.2) is 42.7 Å². The Morgan fingerprint density at radius 3 is 2.50 bits per heavy atom. The maximum absolute atomic E-state index is 12.0. The van der Waals surface area contributed by atoms with Crippen molar-refractivity contribution in [2.45, 2.75) is 19.8 Å². The molecule has 0 radical (unpaired) electrons. The predicted molar refractivity (Wildman–Crippen MR) is 121 cm³/mol. The molecule has 0 saturated carbocycles. The Balaban J connectivity index is 1.39. The number of carbonyl (C=O) groups is 1. The monoisotopic (exact) mass is 436 g/mol. The molecular weight excluding hydrogens is 408 g/mol. The van der Waals surface area contributed by atoms with Gasteiger partial charge in [-0.1, -0.05) is 12.1 Å². The molecule has 168 valence electrons. The standard InChI is InChI=1S/C24H28N4O4/c1-17-14-18(10-11-25)4-9-22(17)32-20-7-5-19(6-8-20)31-13-3-12-26-24(29)21-15-28-23(30-2)16-27-21/h4-9,14-16H,3,10-13,25H2,1-2H3,(H,26,29). The Kier molecular flexibility index (Phi) is 8.39. The van der Waals surface area contributed by atoms with Gasteiger partial charge in [0.25, 0.3) is 5.91 Å². The Morgan fingerprint density at radius 1 is 1.06 bits per heavy atom. The first kappa shape index (κ1) is 23.0. The van der Waals surface area contributed by atoms with E-state index in [0.29, 0.717) is 32.0 Å². The van der Waals surface area contributed by atoms with E-state index in [0.717, 1.165) is 29.2 Å². The third-order valence-electron chi connectivity index (χ3n) is 4.67. The van der Waals surface area contributed by atoms with E-state index in [1.54, 1.807) is 0 Å². The van der Waals surface area contributed by atoms with E-state index in [1.165, 1.54) is 25.1 Å². The lowest BCUT2D eigenvalue weighted by Gasteiger charge is -2.11. The molecule has 32 heavy (non-hydrogen) atoms. The molecular formula is C24H28N4O4. The van der Waals surface area contributed by atoms with Crippen molar-refractivity contribution < 1.29 is 19.0 Å². The number of ether oxygens (including phenoxy) is 3. The van der Waals surface area contributed by atoms with Crippen LogP contribution in [0.25, 0.3) is 0 Å². The zero-order valence-corrected chi connectivity index (χ0v) is 18.3. The van der Waals surface area contributed by atoms with Crippen LogP contribution in [0.1, 0.15) is 28.0 Å². The second-order valence-electron chi connectivity index (χ2n) is 7.11. The van der Waals surface area contributed by atoms with Crippen molar-refractivity contribution in [1.29, 1.82) is 0 Å². The van der Waals surface area contributed by atoms with Gasteiger partial charge in [0.05, 0.1) is 26.1 Å². The van der Waals surface area contributed by atoms with E-state index in [-0.39, 0.29) is 11.6 Å². The first-order chi connectivity index (χ1) is 15.6. The molecule has 0 saturated heterocycles. The van der Waals surface area contributed by atoms with Crippen LogP contribution < -0.4 is 25.3 Å². The largest absolute Gasteiger partial charge is 0.494 e. The molecule has 0 bridgehead atoms. The van der Waals surface area contributed by atoms with Crippen LogP contribution in [0.4, 0.5) is 0 Å². The number of hydrogen-bond donors (Lipinski definition) is 2. The lowest BCUT2D eigenvalue weighted by Crippen LogP contribution is -2.26. The normalized spacial score (nSPS) is 10.5. The summed E-state index contributed by atoms with van der Waals surface area (Å²) in [5, 5.41) is 2.79. The summed E-state index contributed by atoms with van der Waals surface area (Å²) in [6.45, 7) is 3.58. The molecule has 0 aliphatic rings. The van der Waals surface area contributed by atoms with E-state index in [1.807, 2.05) is 43.3 Å². The Morgan fingerprint density at radius 2 is 1.84 bits per heavy atom. The SMILES string of the molecule is COc1cnc(C(=O)NCCCOc2ccc(Oc3ccc(CCN)cc3C)cc2)cn1. The van der Waals surface area contributed by atoms with Gasteiger partial charge in [-0.15, -0.1) is 0 Å². The molecule has 3 aromatic rings. The van der Waals surface area contributed by atoms with Gasteiger partial charge in [0.1, 0.15) is 22.9 Å². The number of methoxy groups -OCH3 is 1. The summed E-state index contributed by atoms with van der Waals surface area (Å²) in [6, 6.07) is 13.6. The molecule has 3 rings (SSSR count). The molecule has 0 fully saturated rings. The Hall–Kier alpha value is -3.65. The predicted octanol–water partition coefficient (Wildman–Crippen LogP) is 3.29. The van der Waals surface area contributed by atoms with Gasteiger partial charge < -0.3 is 25.3 Å². The molecule has 2 aromatic carbocycles. The van der Waals surface area contributed by atoms with Crippen molar-refractivity contribution in [3.63, 3.8) is 0 Å². The summed E-state index contributed by atoms with van der Waals surface area (Å²) in [4.78, 5) is 20.0. The maximum Gasteiger partial charge on any atom is 0.271 e. The van der Waals surface area contributed by atoms with Crippen LogP contribution in [0.3, 0.4) is 0 Å². The molecule has 3 N–H and O–H groups in total. The van der Waals surface area contributed by atoms with E-state index < -0.39 is 0 Å². The first-order valence-corrected chi connectivity index (χ1v) is 10.4. The molecule has 8 nitrogen and oxygen atoms in total. The van der Waals surface area contributed by atoms with E-state index in [9.17, 15) is 4.79 Å². The van der Waals surface area contributed by atoms with E-state index in [2.05, 4.69) is 21.4 Å². The summed E-state index contributed by atoms with van der Waals surface area (Å²) in [5.41, 5.74) is 8.13. The minimum Gasteiger partial charge on any atom is -0.494 e. The number of benzene rings is 2. The molecule has 0 atom stereocenters. The third-order valence-corrected chi connectivity index (χ3v) is 4.67. The van der Waals surface area contributed by atoms with Crippen molar-refractivity contribution in [3.8, 4) is 23.1 Å². The highest BCUT2D eigenvalue weighted by molar-refractivity contribution is 5.91. The van der Waals surface area contributed by atoms with Crippen molar-refractivity contribution in [2.24, 2.45) is 5.73 Å². The molecule has 1 heterocycles. The van der Waals surface area contributed by atoms with Gasteiger partial charge in [0, 0.05) is 6.54 Å². The summed E-state index contributed by atoms with van der Waals surface area (Å²) >= 11 is 0. The zero-order chi connectivity index (χ0) is 22.8. The van der Waals surface area contributed by atoms with Gasteiger partial charge in [-0.2, -0.15) is 0 Å². The van der Waals surface area contributed by atoms with Crippen molar-refractivity contribution in [3.05, 3.63) is 71.7 Å². The average molecular weight is 437 g/mol. The molecule has 0 unspecified atom stereocenters. The number of nitrogens with zero attached hydrogens (tertiary/aromatic N) is 2. The maximum atomic E-state index is 12.0. The fourth-order valence-electron chi connectivity index (χ4n) is 2.97. The summed E-state index contributed by atoms with van der Waals surface area (Å²) in [6.07, 6.45) is 4.29. The zero-order valence-electron chi connectivity index (χ0n) is 18.3. The number of rotatable bonds is 11. The highest BCUT2D eigenvalue weighted by Crippen LogP contribution is 2.27. The van der Waals surface area contributed by atoms with Gasteiger partial charge in [0.2, 0.25) is 5.88 Å². The quantitative estimate of drug-likeness (QED) is 0.444. The minimum absolute atomic E-state index is 0.242. The van der Waals surface area contributed by atoms with Crippen molar-refractivity contribution >= 4 is 5.91 Å². The lowest BCUT2D eigenvalue weighted by atomic mass is 10.1. The van der Waals surface area contributed by atoms with Crippen LogP contribution in [0.5, 0.6) is 23.1 Å². The van der Waals surface area contributed by atoms with Gasteiger partial charge in [-0.25, -0.2) is 9.97 Å².